The minimum absolute atomic E-state index is 0.0680. The van der Waals surface area contributed by atoms with E-state index in [-0.39, 0.29) is 28.1 Å². The van der Waals surface area contributed by atoms with Gasteiger partial charge in [-0.05, 0) is 31.0 Å². The van der Waals surface area contributed by atoms with Gasteiger partial charge in [0, 0.05) is 23.5 Å². The van der Waals surface area contributed by atoms with Crippen molar-refractivity contribution >= 4 is 21.4 Å². The summed E-state index contributed by atoms with van der Waals surface area (Å²) in [5.41, 5.74) is 6.16. The summed E-state index contributed by atoms with van der Waals surface area (Å²) < 4.78 is 22.8. The van der Waals surface area contributed by atoms with Crippen LogP contribution in [0.3, 0.4) is 0 Å². The zero-order valence-electron chi connectivity index (χ0n) is 9.43. The van der Waals surface area contributed by atoms with Crippen LogP contribution in [0.2, 0.25) is 0 Å². The van der Waals surface area contributed by atoms with Crippen LogP contribution in [0.1, 0.15) is 23.2 Å². The zero-order chi connectivity index (χ0) is 12.6. The number of anilines is 1. The smallest absolute Gasteiger partial charge is 0.251 e. The molecule has 1 aromatic carbocycles. The van der Waals surface area contributed by atoms with Crippen molar-refractivity contribution in [2.75, 3.05) is 12.0 Å². The molecule has 1 amide bonds. The summed E-state index contributed by atoms with van der Waals surface area (Å²) in [6.07, 6.45) is 3.05. The van der Waals surface area contributed by atoms with Crippen molar-refractivity contribution in [2.45, 2.75) is 23.8 Å². The molecule has 0 aromatic heterocycles. The number of carbonyl (C=O) groups excluding carboxylic acids is 1. The molecule has 1 aliphatic carbocycles. The standard InChI is InChI=1S/C11H14N2O3S/c1-17(15,16)10-5-7(4-8(12)6-10)11(14)13-9-2-3-9/h4-6,9H,2-3,12H2,1H3,(H,13,14). The Balaban J connectivity index is 2.33. The molecule has 2 rings (SSSR count). The van der Waals surface area contributed by atoms with Gasteiger partial charge in [-0.1, -0.05) is 0 Å². The number of sulfone groups is 1. The molecule has 0 spiro atoms. The maximum absolute atomic E-state index is 11.8. The van der Waals surface area contributed by atoms with Crippen LogP contribution in [0.4, 0.5) is 5.69 Å². The number of rotatable bonds is 3. The van der Waals surface area contributed by atoms with Crippen molar-refractivity contribution in [1.82, 2.24) is 5.32 Å². The average Bonchev–Trinajstić information content (AvgIpc) is 2.99. The second-order valence-electron chi connectivity index (χ2n) is 4.31. The van der Waals surface area contributed by atoms with E-state index in [0.29, 0.717) is 0 Å². The summed E-state index contributed by atoms with van der Waals surface area (Å²) in [6.45, 7) is 0. The first-order valence-corrected chi connectivity index (χ1v) is 7.17. The number of nitrogens with two attached hydrogens (primary N) is 1. The lowest BCUT2D eigenvalue weighted by Gasteiger charge is -2.06. The van der Waals surface area contributed by atoms with Gasteiger partial charge >= 0.3 is 0 Å². The highest BCUT2D eigenvalue weighted by atomic mass is 32.2. The molecule has 0 bridgehead atoms. The van der Waals surface area contributed by atoms with Crippen molar-refractivity contribution in [3.63, 3.8) is 0 Å². The third-order valence-corrected chi connectivity index (χ3v) is 3.62. The molecule has 92 valence electrons. The first-order valence-electron chi connectivity index (χ1n) is 5.28. The van der Waals surface area contributed by atoms with E-state index in [2.05, 4.69) is 5.32 Å². The van der Waals surface area contributed by atoms with Gasteiger partial charge < -0.3 is 11.1 Å². The molecule has 1 fully saturated rings. The zero-order valence-corrected chi connectivity index (χ0v) is 10.3. The van der Waals surface area contributed by atoms with E-state index in [9.17, 15) is 13.2 Å². The summed E-state index contributed by atoms with van der Waals surface area (Å²) in [7, 11) is -3.35. The van der Waals surface area contributed by atoms with Crippen LogP contribution >= 0.6 is 0 Å². The first-order chi connectivity index (χ1) is 7.86. The monoisotopic (exact) mass is 254 g/mol. The maximum atomic E-state index is 11.8. The number of nitrogen functional groups attached to an aromatic ring is 1. The molecule has 1 saturated carbocycles. The van der Waals surface area contributed by atoms with Gasteiger partial charge in [-0.25, -0.2) is 8.42 Å². The van der Waals surface area contributed by atoms with E-state index in [1.807, 2.05) is 0 Å². The Kier molecular flexibility index (Phi) is 2.82. The van der Waals surface area contributed by atoms with Gasteiger partial charge in [-0.15, -0.1) is 0 Å². The summed E-state index contributed by atoms with van der Waals surface area (Å²) >= 11 is 0. The summed E-state index contributed by atoms with van der Waals surface area (Å²) in [5.74, 6) is -0.273. The van der Waals surface area contributed by atoms with Gasteiger partial charge in [-0.2, -0.15) is 0 Å². The van der Waals surface area contributed by atoms with E-state index in [1.54, 1.807) is 0 Å². The average molecular weight is 254 g/mol. The second kappa shape index (κ2) is 4.03. The highest BCUT2D eigenvalue weighted by Gasteiger charge is 2.24. The van der Waals surface area contributed by atoms with E-state index in [0.717, 1.165) is 19.1 Å². The molecule has 1 aromatic rings. The number of amides is 1. The van der Waals surface area contributed by atoms with Crippen LogP contribution in [-0.2, 0) is 9.84 Å². The van der Waals surface area contributed by atoms with Crippen molar-refractivity contribution in [3.8, 4) is 0 Å². The minimum Gasteiger partial charge on any atom is -0.399 e. The molecule has 0 saturated heterocycles. The number of hydrogen-bond donors (Lipinski definition) is 2. The molecule has 0 unspecified atom stereocenters. The topological polar surface area (TPSA) is 89.3 Å². The molecule has 0 heterocycles. The molecule has 6 heteroatoms. The Bertz CT molecular complexity index is 562. The number of carbonyl (C=O) groups is 1. The molecule has 0 radical (unpaired) electrons. The Morgan fingerprint density at radius 3 is 2.53 bits per heavy atom. The quantitative estimate of drug-likeness (QED) is 0.771. The summed E-state index contributed by atoms with van der Waals surface area (Å²) in [6, 6.07) is 4.41. The molecular weight excluding hydrogens is 240 g/mol. The fourth-order valence-corrected chi connectivity index (χ4v) is 2.15. The first kappa shape index (κ1) is 11.9. The van der Waals surface area contributed by atoms with E-state index in [1.165, 1.54) is 18.2 Å². The number of nitrogens with one attached hydrogen (secondary N) is 1. The Morgan fingerprint density at radius 1 is 1.35 bits per heavy atom. The van der Waals surface area contributed by atoms with Crippen molar-refractivity contribution < 1.29 is 13.2 Å². The fourth-order valence-electron chi connectivity index (χ4n) is 1.46. The third-order valence-electron chi connectivity index (χ3n) is 2.53. The Morgan fingerprint density at radius 2 is 2.00 bits per heavy atom. The predicted molar refractivity (Wildman–Crippen MR) is 64.5 cm³/mol. The lowest BCUT2D eigenvalue weighted by molar-refractivity contribution is 0.0951. The van der Waals surface area contributed by atoms with Crippen LogP contribution < -0.4 is 11.1 Å². The normalized spacial score (nSPS) is 15.6. The molecule has 3 N–H and O–H groups in total. The van der Waals surface area contributed by atoms with Gasteiger partial charge in [0.15, 0.2) is 9.84 Å². The molecule has 0 aliphatic heterocycles. The van der Waals surface area contributed by atoms with Crippen molar-refractivity contribution in [1.29, 1.82) is 0 Å². The predicted octanol–water partition coefficient (Wildman–Crippen LogP) is 0.564. The largest absolute Gasteiger partial charge is 0.399 e. The summed E-state index contributed by atoms with van der Waals surface area (Å²) in [4.78, 5) is 11.8. The number of benzene rings is 1. The van der Waals surface area contributed by atoms with Gasteiger partial charge in [0.05, 0.1) is 4.90 Å². The van der Waals surface area contributed by atoms with Crippen molar-refractivity contribution in [2.24, 2.45) is 0 Å². The fraction of sp³-hybridized carbons (Fsp3) is 0.364. The van der Waals surface area contributed by atoms with Gasteiger partial charge in [0.25, 0.3) is 5.91 Å². The van der Waals surface area contributed by atoms with Crippen LogP contribution in [0, 0.1) is 0 Å². The highest BCUT2D eigenvalue weighted by molar-refractivity contribution is 7.90. The Labute approximate surface area is 99.9 Å². The van der Waals surface area contributed by atoms with Crippen LogP contribution in [0.15, 0.2) is 23.1 Å². The van der Waals surface area contributed by atoms with E-state index in [4.69, 9.17) is 5.73 Å². The molecular formula is C11H14N2O3S. The molecule has 0 atom stereocenters. The van der Waals surface area contributed by atoms with E-state index < -0.39 is 9.84 Å². The maximum Gasteiger partial charge on any atom is 0.251 e. The van der Waals surface area contributed by atoms with Crippen molar-refractivity contribution in [3.05, 3.63) is 23.8 Å². The minimum atomic E-state index is -3.35. The van der Waals surface area contributed by atoms with E-state index >= 15 is 0 Å². The van der Waals surface area contributed by atoms with Gasteiger partial charge in [-0.3, -0.25) is 4.79 Å². The molecule has 1 aliphatic rings. The lowest BCUT2D eigenvalue weighted by Crippen LogP contribution is -2.25. The SMILES string of the molecule is CS(=O)(=O)c1cc(N)cc(C(=O)NC2CC2)c1. The van der Waals surface area contributed by atoms with Gasteiger partial charge in [0.1, 0.15) is 0 Å². The number of hydrogen-bond acceptors (Lipinski definition) is 4. The van der Waals surface area contributed by atoms with Crippen LogP contribution in [0.25, 0.3) is 0 Å². The second-order valence-corrected chi connectivity index (χ2v) is 6.33. The highest BCUT2D eigenvalue weighted by Crippen LogP contribution is 2.21. The van der Waals surface area contributed by atoms with Crippen LogP contribution in [-0.4, -0.2) is 26.6 Å². The third kappa shape index (κ3) is 2.97. The van der Waals surface area contributed by atoms with Crippen LogP contribution in [0.5, 0.6) is 0 Å². The molecule has 17 heavy (non-hydrogen) atoms. The van der Waals surface area contributed by atoms with Gasteiger partial charge in [0.2, 0.25) is 0 Å². The molecule has 5 nitrogen and oxygen atoms in total. The Hall–Kier alpha value is -1.56. The summed E-state index contributed by atoms with van der Waals surface area (Å²) in [5, 5.41) is 2.79. The lowest BCUT2D eigenvalue weighted by atomic mass is 10.2.